The fourth-order valence-corrected chi connectivity index (χ4v) is 1.43. The van der Waals surface area contributed by atoms with Crippen molar-refractivity contribution in [1.82, 2.24) is 4.90 Å². The Morgan fingerprint density at radius 3 is 2.50 bits per heavy atom. The third-order valence-electron chi connectivity index (χ3n) is 2.42. The standard InChI is InChI=1S/C10H24N2O2/c1-5-12(9(2)6-14-4)8-10(3,13)7-11/h9,13H,5-8,11H2,1-4H3. The number of rotatable bonds is 7. The van der Waals surface area contributed by atoms with E-state index >= 15 is 0 Å². The van der Waals surface area contributed by atoms with Crippen LogP contribution in [0.4, 0.5) is 0 Å². The summed E-state index contributed by atoms with van der Waals surface area (Å²) < 4.78 is 5.08. The maximum absolute atomic E-state index is 9.83. The summed E-state index contributed by atoms with van der Waals surface area (Å²) in [4.78, 5) is 2.16. The Balaban J connectivity index is 4.14. The first-order chi connectivity index (χ1) is 6.46. The lowest BCUT2D eigenvalue weighted by Crippen LogP contribution is -2.49. The normalized spacial score (nSPS) is 18.2. The van der Waals surface area contributed by atoms with Gasteiger partial charge in [-0.3, -0.25) is 4.90 Å². The Hall–Kier alpha value is -0.160. The lowest BCUT2D eigenvalue weighted by atomic mass is 10.1. The van der Waals surface area contributed by atoms with Gasteiger partial charge >= 0.3 is 0 Å². The number of likely N-dealkylation sites (N-methyl/N-ethyl adjacent to an activating group) is 1. The van der Waals surface area contributed by atoms with Crippen molar-refractivity contribution in [2.45, 2.75) is 32.4 Å². The molecule has 0 rings (SSSR count). The zero-order valence-electron chi connectivity index (χ0n) is 9.79. The number of hydrogen-bond donors (Lipinski definition) is 2. The van der Waals surface area contributed by atoms with Crippen molar-refractivity contribution in [2.75, 3.05) is 33.4 Å². The molecule has 0 aromatic carbocycles. The van der Waals surface area contributed by atoms with Crippen molar-refractivity contribution in [3.8, 4) is 0 Å². The second-order valence-corrected chi connectivity index (χ2v) is 4.07. The summed E-state index contributed by atoms with van der Waals surface area (Å²) >= 11 is 0. The quantitative estimate of drug-likeness (QED) is 0.615. The minimum absolute atomic E-state index is 0.281. The highest BCUT2D eigenvalue weighted by Gasteiger charge is 2.24. The van der Waals surface area contributed by atoms with Gasteiger partial charge in [0.25, 0.3) is 0 Å². The topological polar surface area (TPSA) is 58.7 Å². The molecule has 2 unspecified atom stereocenters. The zero-order chi connectivity index (χ0) is 11.2. The first kappa shape index (κ1) is 13.8. The summed E-state index contributed by atoms with van der Waals surface area (Å²) in [5.41, 5.74) is 4.67. The van der Waals surface area contributed by atoms with Gasteiger partial charge in [0, 0.05) is 26.2 Å². The lowest BCUT2D eigenvalue weighted by Gasteiger charge is -2.33. The molecule has 0 saturated heterocycles. The molecule has 4 heteroatoms. The minimum Gasteiger partial charge on any atom is -0.388 e. The highest BCUT2D eigenvalue weighted by molar-refractivity contribution is 4.80. The van der Waals surface area contributed by atoms with E-state index in [9.17, 15) is 5.11 Å². The molecule has 0 aromatic heterocycles. The van der Waals surface area contributed by atoms with Crippen molar-refractivity contribution in [1.29, 1.82) is 0 Å². The van der Waals surface area contributed by atoms with Gasteiger partial charge in [-0.05, 0) is 20.4 Å². The summed E-state index contributed by atoms with van der Waals surface area (Å²) in [5.74, 6) is 0. The van der Waals surface area contributed by atoms with Crippen LogP contribution in [0.2, 0.25) is 0 Å². The van der Waals surface area contributed by atoms with Crippen molar-refractivity contribution in [3.63, 3.8) is 0 Å². The summed E-state index contributed by atoms with van der Waals surface area (Å²) in [6.07, 6.45) is 0. The Kier molecular flexibility index (Phi) is 6.27. The Morgan fingerprint density at radius 1 is 1.57 bits per heavy atom. The van der Waals surface area contributed by atoms with Crippen LogP contribution in [0.15, 0.2) is 0 Å². The van der Waals surface area contributed by atoms with Crippen LogP contribution in [0.5, 0.6) is 0 Å². The molecule has 0 fully saturated rings. The minimum atomic E-state index is -0.808. The van der Waals surface area contributed by atoms with E-state index in [0.29, 0.717) is 19.2 Å². The van der Waals surface area contributed by atoms with Crippen molar-refractivity contribution in [3.05, 3.63) is 0 Å². The number of hydrogen-bond acceptors (Lipinski definition) is 4. The molecule has 0 aliphatic rings. The number of ether oxygens (including phenoxy) is 1. The van der Waals surface area contributed by atoms with Crippen molar-refractivity contribution in [2.24, 2.45) is 5.73 Å². The monoisotopic (exact) mass is 204 g/mol. The predicted molar refractivity (Wildman–Crippen MR) is 58.3 cm³/mol. The third-order valence-corrected chi connectivity index (χ3v) is 2.42. The van der Waals surface area contributed by atoms with Gasteiger partial charge in [-0.1, -0.05) is 6.92 Å². The molecule has 0 aliphatic heterocycles. The molecule has 0 bridgehead atoms. The van der Waals surface area contributed by atoms with E-state index in [-0.39, 0.29) is 6.54 Å². The molecule has 0 heterocycles. The number of nitrogens with two attached hydrogens (primary N) is 1. The second kappa shape index (κ2) is 6.35. The van der Waals surface area contributed by atoms with Gasteiger partial charge in [0.1, 0.15) is 0 Å². The lowest BCUT2D eigenvalue weighted by molar-refractivity contribution is 0.00355. The summed E-state index contributed by atoms with van der Waals surface area (Å²) in [7, 11) is 1.69. The van der Waals surface area contributed by atoms with E-state index < -0.39 is 5.60 Å². The molecule has 3 N–H and O–H groups in total. The summed E-state index contributed by atoms with van der Waals surface area (Å²) in [6.45, 7) is 8.34. The van der Waals surface area contributed by atoms with Crippen molar-refractivity contribution < 1.29 is 9.84 Å². The highest BCUT2D eigenvalue weighted by Crippen LogP contribution is 2.08. The highest BCUT2D eigenvalue weighted by atomic mass is 16.5. The molecule has 0 radical (unpaired) electrons. The Morgan fingerprint density at radius 2 is 2.14 bits per heavy atom. The average molecular weight is 204 g/mol. The Labute approximate surface area is 87.0 Å². The molecule has 0 saturated carbocycles. The summed E-state index contributed by atoms with van der Waals surface area (Å²) in [5, 5.41) is 9.83. The molecule has 0 aromatic rings. The van der Waals surface area contributed by atoms with Gasteiger partial charge < -0.3 is 15.6 Å². The molecule has 2 atom stereocenters. The van der Waals surface area contributed by atoms with Crippen LogP contribution >= 0.6 is 0 Å². The smallest absolute Gasteiger partial charge is 0.0867 e. The van der Waals surface area contributed by atoms with E-state index in [2.05, 4.69) is 18.7 Å². The molecular formula is C10H24N2O2. The van der Waals surface area contributed by atoms with Gasteiger partial charge in [-0.2, -0.15) is 0 Å². The first-order valence-electron chi connectivity index (χ1n) is 5.12. The van der Waals surface area contributed by atoms with E-state index in [1.807, 2.05) is 0 Å². The first-order valence-corrected chi connectivity index (χ1v) is 5.12. The molecule has 4 nitrogen and oxygen atoms in total. The third kappa shape index (κ3) is 4.91. The van der Waals surface area contributed by atoms with Crippen LogP contribution in [0, 0.1) is 0 Å². The van der Waals surface area contributed by atoms with Gasteiger partial charge in [0.15, 0.2) is 0 Å². The largest absolute Gasteiger partial charge is 0.388 e. The maximum Gasteiger partial charge on any atom is 0.0867 e. The molecule has 14 heavy (non-hydrogen) atoms. The van der Waals surface area contributed by atoms with Gasteiger partial charge in [0.05, 0.1) is 12.2 Å². The Bertz CT molecular complexity index is 151. The van der Waals surface area contributed by atoms with Crippen LogP contribution < -0.4 is 5.73 Å². The molecule has 86 valence electrons. The molecule has 0 aliphatic carbocycles. The van der Waals surface area contributed by atoms with Crippen LogP contribution in [0.1, 0.15) is 20.8 Å². The molecule has 0 spiro atoms. The predicted octanol–water partition coefficient (Wildman–Crippen LogP) is 0.0529. The van der Waals surface area contributed by atoms with Gasteiger partial charge in [0.2, 0.25) is 0 Å². The second-order valence-electron chi connectivity index (χ2n) is 4.07. The number of methoxy groups -OCH3 is 1. The van der Waals surface area contributed by atoms with E-state index in [1.54, 1.807) is 14.0 Å². The van der Waals surface area contributed by atoms with Crippen LogP contribution in [0.25, 0.3) is 0 Å². The zero-order valence-corrected chi connectivity index (χ0v) is 9.79. The fourth-order valence-electron chi connectivity index (χ4n) is 1.43. The van der Waals surface area contributed by atoms with E-state index in [0.717, 1.165) is 6.54 Å². The summed E-state index contributed by atoms with van der Waals surface area (Å²) in [6, 6.07) is 0.308. The maximum atomic E-state index is 9.83. The SMILES string of the molecule is CCN(CC(C)(O)CN)C(C)COC. The van der Waals surface area contributed by atoms with E-state index in [4.69, 9.17) is 10.5 Å². The van der Waals surface area contributed by atoms with Gasteiger partial charge in [-0.25, -0.2) is 0 Å². The van der Waals surface area contributed by atoms with Crippen molar-refractivity contribution >= 4 is 0 Å². The van der Waals surface area contributed by atoms with E-state index in [1.165, 1.54) is 0 Å². The van der Waals surface area contributed by atoms with Crippen LogP contribution in [-0.4, -0.2) is 55.0 Å². The average Bonchev–Trinajstić information content (AvgIpc) is 2.14. The number of aliphatic hydroxyl groups is 1. The van der Waals surface area contributed by atoms with Crippen LogP contribution in [0.3, 0.4) is 0 Å². The molecular weight excluding hydrogens is 180 g/mol. The fraction of sp³-hybridized carbons (Fsp3) is 1.00. The van der Waals surface area contributed by atoms with Gasteiger partial charge in [-0.15, -0.1) is 0 Å². The van der Waals surface area contributed by atoms with Crippen LogP contribution in [-0.2, 0) is 4.74 Å². The molecule has 0 amide bonds. The number of nitrogens with zero attached hydrogens (tertiary/aromatic N) is 1.